The quantitative estimate of drug-likeness (QED) is 0.781. The molecule has 1 fully saturated rings. The molecule has 4 rings (SSSR count). The first-order valence-corrected chi connectivity index (χ1v) is 10.6. The van der Waals surface area contributed by atoms with Gasteiger partial charge in [-0.2, -0.15) is 0 Å². The standard InChI is InChI=1S/C23H30N4O2/c1-26-13-11-21-19(15-26)14-24-23(25-21)18-4-3-12-27(16-18)22(28)10-7-17-5-8-20(29-2)9-6-17/h5-6,8-9,14,18H,3-4,7,10-13,15-16H2,1-2H3/t18-/m0/s1. The zero-order chi connectivity index (χ0) is 20.2. The molecule has 0 N–H and O–H groups in total. The van der Waals surface area contributed by atoms with Gasteiger partial charge in [-0.1, -0.05) is 12.1 Å². The number of amides is 1. The topological polar surface area (TPSA) is 58.6 Å². The fraction of sp³-hybridized carbons (Fsp3) is 0.522. The van der Waals surface area contributed by atoms with Crippen LogP contribution in [0.3, 0.4) is 0 Å². The van der Waals surface area contributed by atoms with Gasteiger partial charge in [0.2, 0.25) is 5.91 Å². The van der Waals surface area contributed by atoms with E-state index in [0.29, 0.717) is 6.42 Å². The highest BCUT2D eigenvalue weighted by atomic mass is 16.5. The first-order valence-electron chi connectivity index (χ1n) is 10.6. The Hall–Kier alpha value is -2.47. The van der Waals surface area contributed by atoms with Crippen LogP contribution in [0.25, 0.3) is 0 Å². The van der Waals surface area contributed by atoms with Crippen LogP contribution < -0.4 is 4.74 Å². The minimum absolute atomic E-state index is 0.227. The minimum atomic E-state index is 0.227. The predicted molar refractivity (Wildman–Crippen MR) is 112 cm³/mol. The second-order valence-electron chi connectivity index (χ2n) is 8.21. The van der Waals surface area contributed by atoms with E-state index in [1.807, 2.05) is 35.4 Å². The number of carbonyl (C=O) groups excluding carboxylic acids is 1. The molecule has 0 bridgehead atoms. The molecule has 0 saturated carbocycles. The molecule has 29 heavy (non-hydrogen) atoms. The van der Waals surface area contributed by atoms with Crippen molar-refractivity contribution in [1.29, 1.82) is 0 Å². The van der Waals surface area contributed by atoms with Gasteiger partial charge in [0.25, 0.3) is 0 Å². The Morgan fingerprint density at radius 2 is 2.07 bits per heavy atom. The highest BCUT2D eigenvalue weighted by molar-refractivity contribution is 5.76. The van der Waals surface area contributed by atoms with Crippen molar-refractivity contribution in [3.8, 4) is 5.75 Å². The van der Waals surface area contributed by atoms with Crippen molar-refractivity contribution in [2.24, 2.45) is 0 Å². The van der Waals surface area contributed by atoms with Gasteiger partial charge in [-0.05, 0) is 44.0 Å². The number of benzene rings is 1. The number of fused-ring (bicyclic) bond motifs is 1. The molecule has 2 aliphatic heterocycles. The van der Waals surface area contributed by atoms with Crippen molar-refractivity contribution in [3.63, 3.8) is 0 Å². The van der Waals surface area contributed by atoms with Gasteiger partial charge in [-0.3, -0.25) is 4.79 Å². The zero-order valence-corrected chi connectivity index (χ0v) is 17.4. The Kier molecular flexibility index (Phi) is 6.09. The summed E-state index contributed by atoms with van der Waals surface area (Å²) in [7, 11) is 3.80. The summed E-state index contributed by atoms with van der Waals surface area (Å²) >= 11 is 0. The van der Waals surface area contributed by atoms with Crippen LogP contribution in [0.5, 0.6) is 5.75 Å². The molecule has 1 saturated heterocycles. The predicted octanol–water partition coefficient (Wildman–Crippen LogP) is 2.81. The average Bonchev–Trinajstić information content (AvgIpc) is 2.77. The Bertz CT molecular complexity index is 852. The van der Waals surface area contributed by atoms with Gasteiger partial charge >= 0.3 is 0 Å². The molecule has 0 radical (unpaired) electrons. The number of likely N-dealkylation sites (tertiary alicyclic amines) is 1. The van der Waals surface area contributed by atoms with E-state index in [9.17, 15) is 4.79 Å². The van der Waals surface area contributed by atoms with Crippen LogP contribution in [-0.4, -0.2) is 59.5 Å². The Labute approximate surface area is 172 Å². The van der Waals surface area contributed by atoms with Crippen LogP contribution in [0.15, 0.2) is 30.5 Å². The summed E-state index contributed by atoms with van der Waals surface area (Å²) in [6, 6.07) is 7.96. The number of rotatable bonds is 5. The van der Waals surface area contributed by atoms with Crippen LogP contribution in [0, 0.1) is 0 Å². The molecule has 1 aromatic carbocycles. The lowest BCUT2D eigenvalue weighted by atomic mass is 9.96. The third-order valence-electron chi connectivity index (χ3n) is 6.07. The number of piperidine rings is 1. The van der Waals surface area contributed by atoms with Crippen LogP contribution in [0.1, 0.15) is 47.8 Å². The Balaban J connectivity index is 1.35. The van der Waals surface area contributed by atoms with Crippen LogP contribution >= 0.6 is 0 Å². The van der Waals surface area contributed by atoms with Gasteiger partial charge in [0.05, 0.1) is 7.11 Å². The lowest BCUT2D eigenvalue weighted by Crippen LogP contribution is -2.39. The molecule has 2 aromatic rings. The molecule has 0 spiro atoms. The number of aryl methyl sites for hydroxylation is 1. The molecule has 1 atom stereocenters. The fourth-order valence-electron chi connectivity index (χ4n) is 4.29. The minimum Gasteiger partial charge on any atom is -0.497 e. The van der Waals surface area contributed by atoms with E-state index in [-0.39, 0.29) is 11.8 Å². The third-order valence-corrected chi connectivity index (χ3v) is 6.07. The molecule has 3 heterocycles. The van der Waals surface area contributed by atoms with E-state index in [4.69, 9.17) is 9.72 Å². The van der Waals surface area contributed by atoms with Gasteiger partial charge < -0.3 is 14.5 Å². The first kappa shape index (κ1) is 19.8. The highest BCUT2D eigenvalue weighted by Gasteiger charge is 2.27. The van der Waals surface area contributed by atoms with Crippen molar-refractivity contribution < 1.29 is 9.53 Å². The number of ether oxygens (including phenoxy) is 1. The molecular weight excluding hydrogens is 364 g/mol. The highest BCUT2D eigenvalue weighted by Crippen LogP contribution is 2.26. The molecule has 0 aliphatic carbocycles. The molecule has 6 nitrogen and oxygen atoms in total. The lowest BCUT2D eigenvalue weighted by Gasteiger charge is -2.33. The number of hydrogen-bond donors (Lipinski definition) is 0. The molecule has 6 heteroatoms. The summed E-state index contributed by atoms with van der Waals surface area (Å²) in [6.07, 6.45) is 6.35. The monoisotopic (exact) mass is 394 g/mol. The lowest BCUT2D eigenvalue weighted by molar-refractivity contribution is -0.132. The number of carbonyl (C=O) groups is 1. The van der Waals surface area contributed by atoms with E-state index in [1.54, 1.807) is 7.11 Å². The number of methoxy groups -OCH3 is 1. The molecule has 154 valence electrons. The van der Waals surface area contributed by atoms with E-state index in [2.05, 4.69) is 16.9 Å². The second-order valence-corrected chi connectivity index (χ2v) is 8.21. The molecular formula is C23H30N4O2. The fourth-order valence-corrected chi connectivity index (χ4v) is 4.29. The molecule has 1 aromatic heterocycles. The normalized spacial score (nSPS) is 19.7. The van der Waals surface area contributed by atoms with E-state index in [0.717, 1.165) is 69.0 Å². The van der Waals surface area contributed by atoms with Crippen LogP contribution in [-0.2, 0) is 24.2 Å². The van der Waals surface area contributed by atoms with Crippen molar-refractivity contribution in [3.05, 3.63) is 53.1 Å². The van der Waals surface area contributed by atoms with Gasteiger partial charge in [0.15, 0.2) is 0 Å². The van der Waals surface area contributed by atoms with E-state index < -0.39 is 0 Å². The second kappa shape index (κ2) is 8.91. The maximum atomic E-state index is 12.8. The van der Waals surface area contributed by atoms with E-state index >= 15 is 0 Å². The largest absolute Gasteiger partial charge is 0.497 e. The summed E-state index contributed by atoms with van der Waals surface area (Å²) in [5, 5.41) is 0. The Morgan fingerprint density at radius 3 is 2.86 bits per heavy atom. The van der Waals surface area contributed by atoms with Crippen molar-refractivity contribution in [1.82, 2.24) is 19.8 Å². The smallest absolute Gasteiger partial charge is 0.222 e. The van der Waals surface area contributed by atoms with Crippen molar-refractivity contribution >= 4 is 5.91 Å². The SMILES string of the molecule is COc1ccc(CCC(=O)N2CCC[C@H](c3ncc4c(n3)CCN(C)C4)C2)cc1. The maximum Gasteiger partial charge on any atom is 0.222 e. The summed E-state index contributed by atoms with van der Waals surface area (Å²) in [4.78, 5) is 26.7. The maximum absolute atomic E-state index is 12.8. The van der Waals surface area contributed by atoms with Gasteiger partial charge in [-0.15, -0.1) is 0 Å². The summed E-state index contributed by atoms with van der Waals surface area (Å²) in [5.41, 5.74) is 3.59. The van der Waals surface area contributed by atoms with Crippen LogP contribution in [0.2, 0.25) is 0 Å². The summed E-state index contributed by atoms with van der Waals surface area (Å²) in [6.45, 7) is 3.55. The number of hydrogen-bond acceptors (Lipinski definition) is 5. The Morgan fingerprint density at radius 1 is 1.24 bits per heavy atom. The van der Waals surface area contributed by atoms with Gasteiger partial charge in [0.1, 0.15) is 11.6 Å². The zero-order valence-electron chi connectivity index (χ0n) is 17.4. The molecule has 2 aliphatic rings. The number of likely N-dealkylation sites (N-methyl/N-ethyl adjacent to an activating group) is 1. The molecule has 0 unspecified atom stereocenters. The van der Waals surface area contributed by atoms with Gasteiger partial charge in [0, 0.05) is 62.4 Å². The number of aromatic nitrogens is 2. The van der Waals surface area contributed by atoms with Crippen LogP contribution in [0.4, 0.5) is 0 Å². The summed E-state index contributed by atoms with van der Waals surface area (Å²) < 4.78 is 5.19. The van der Waals surface area contributed by atoms with Crippen molar-refractivity contribution in [2.75, 3.05) is 33.8 Å². The first-order chi connectivity index (χ1) is 14.1. The molecule has 1 amide bonds. The summed E-state index contributed by atoms with van der Waals surface area (Å²) in [5.74, 6) is 2.24. The number of nitrogens with zero attached hydrogens (tertiary/aromatic N) is 4. The third kappa shape index (κ3) is 4.75. The van der Waals surface area contributed by atoms with E-state index in [1.165, 1.54) is 11.3 Å². The average molecular weight is 395 g/mol. The van der Waals surface area contributed by atoms with Gasteiger partial charge in [-0.25, -0.2) is 9.97 Å². The van der Waals surface area contributed by atoms with Crippen molar-refractivity contribution in [2.45, 2.75) is 44.6 Å².